The molecule has 6 heterocycles. The first-order chi connectivity index (χ1) is 24.5. The summed E-state index contributed by atoms with van der Waals surface area (Å²) in [4.78, 5) is 58.5. The summed E-state index contributed by atoms with van der Waals surface area (Å²) in [7, 11) is 0. The molecule has 0 spiro atoms. The summed E-state index contributed by atoms with van der Waals surface area (Å²) in [5.74, 6) is 0.808. The van der Waals surface area contributed by atoms with Gasteiger partial charge in [0, 0.05) is 35.6 Å². The fraction of sp³-hybridized carbons (Fsp3) is 0.541. The number of benzene rings is 1. The van der Waals surface area contributed by atoms with Gasteiger partial charge >= 0.3 is 65.8 Å². The van der Waals surface area contributed by atoms with Crippen LogP contribution in [-0.4, -0.2) is 101 Å². The van der Waals surface area contributed by atoms with Gasteiger partial charge in [-0.05, 0) is 81.4 Å². The van der Waals surface area contributed by atoms with E-state index in [1.807, 2.05) is 22.9 Å². The second-order valence-electron chi connectivity index (χ2n) is 13.6. The number of cyclic esters (lactones) is 1. The van der Waals surface area contributed by atoms with Gasteiger partial charge < -0.3 is 28.9 Å². The number of aryl methyl sites for hydroxylation is 1. The van der Waals surface area contributed by atoms with Gasteiger partial charge in [0.15, 0.2) is 5.60 Å². The number of carbonyl (C=O) groups is 3. The van der Waals surface area contributed by atoms with Crippen molar-refractivity contribution >= 4 is 43.9 Å². The predicted octanol–water partition coefficient (Wildman–Crippen LogP) is 3.66. The number of pyridine rings is 2. The molecule has 4 N–H and O–H groups in total. The Morgan fingerprint density at radius 2 is 1.82 bits per heavy atom. The standard InChI is InChI=1S/C33H38N4O6.C4H9NO2Se/c1-3-22-23-16-21(43-32(40)36-14-10-20(11-15-36)35-12-6-5-7-13-35)8-9-27(23)34-29-24(22)18-37-28(29)17-26-25(30(37)38)19-42-31(39)33(26,41)4-2;1-8-2-3(5)4(6)7/h8-9,16-17,20,41H,3-7,10-15,18-19H2,1-2H3;3H,2,5H2,1H3,(H,6,7)/t33-;3-/m00/s1. The molecule has 0 aliphatic carbocycles. The summed E-state index contributed by atoms with van der Waals surface area (Å²) in [5, 5.41) is 20.9. The zero-order valence-electron chi connectivity index (χ0n) is 29.5. The number of aliphatic hydroxyl groups is 1. The molecule has 7 rings (SSSR count). The van der Waals surface area contributed by atoms with E-state index in [1.54, 1.807) is 23.6 Å². The van der Waals surface area contributed by atoms with Crippen LogP contribution in [0.2, 0.25) is 11.1 Å². The summed E-state index contributed by atoms with van der Waals surface area (Å²) < 4.78 is 12.7. The van der Waals surface area contributed by atoms with E-state index in [-0.39, 0.29) is 24.7 Å². The number of nitrogens with two attached hydrogens (primary N) is 1. The molecule has 0 bridgehead atoms. The Bertz CT molecular complexity index is 1880. The Labute approximate surface area is 303 Å². The number of likely N-dealkylation sites (tertiary alicyclic amines) is 2. The van der Waals surface area contributed by atoms with Crippen LogP contribution in [0.25, 0.3) is 22.3 Å². The Hall–Kier alpha value is -3.81. The van der Waals surface area contributed by atoms with Crippen LogP contribution in [0.3, 0.4) is 0 Å². The molecule has 2 saturated heterocycles. The molecule has 274 valence electrons. The average Bonchev–Trinajstić information content (AvgIpc) is 3.51. The molecule has 13 nitrogen and oxygen atoms in total. The van der Waals surface area contributed by atoms with E-state index in [0.29, 0.717) is 80.6 Å². The predicted molar refractivity (Wildman–Crippen MR) is 192 cm³/mol. The molecule has 0 saturated carbocycles. The average molecular weight is 769 g/mol. The summed E-state index contributed by atoms with van der Waals surface area (Å²) in [6.07, 6.45) is 6.26. The number of piperidine rings is 2. The van der Waals surface area contributed by atoms with E-state index >= 15 is 0 Å². The third kappa shape index (κ3) is 7.17. The number of hydrogen-bond acceptors (Lipinski definition) is 10. The fourth-order valence-corrected chi connectivity index (χ4v) is 8.77. The zero-order chi connectivity index (χ0) is 36.4. The number of amides is 1. The first-order valence-corrected chi connectivity index (χ1v) is 20.7. The van der Waals surface area contributed by atoms with Crippen LogP contribution in [0.15, 0.2) is 29.1 Å². The van der Waals surface area contributed by atoms with E-state index < -0.39 is 23.6 Å². The molecule has 14 heteroatoms. The maximum absolute atomic E-state index is 13.6. The number of carboxylic acids is 1. The summed E-state index contributed by atoms with van der Waals surface area (Å²) in [6, 6.07) is 7.13. The summed E-state index contributed by atoms with van der Waals surface area (Å²) in [5.41, 5.74) is 7.53. The molecule has 2 atom stereocenters. The topological polar surface area (TPSA) is 178 Å². The van der Waals surface area contributed by atoms with Gasteiger partial charge in [-0.15, -0.1) is 0 Å². The molecular formula is C37H47N5O8Se. The second-order valence-corrected chi connectivity index (χ2v) is 15.5. The zero-order valence-corrected chi connectivity index (χ0v) is 31.2. The van der Waals surface area contributed by atoms with E-state index in [2.05, 4.69) is 11.8 Å². The van der Waals surface area contributed by atoms with E-state index in [4.69, 9.17) is 25.3 Å². The first-order valence-electron chi connectivity index (χ1n) is 17.8. The minimum absolute atomic E-state index is 0.0951. The molecule has 1 amide bonds. The van der Waals surface area contributed by atoms with Gasteiger partial charge in [0.1, 0.15) is 12.4 Å². The van der Waals surface area contributed by atoms with Crippen molar-refractivity contribution < 1.29 is 34.1 Å². The van der Waals surface area contributed by atoms with Crippen LogP contribution in [0.4, 0.5) is 4.79 Å². The van der Waals surface area contributed by atoms with E-state index in [9.17, 15) is 24.3 Å². The van der Waals surface area contributed by atoms with Crippen LogP contribution < -0.4 is 16.0 Å². The minimum atomic E-state index is -1.86. The number of aliphatic carboxylic acids is 1. The first kappa shape index (κ1) is 37.0. The maximum atomic E-state index is 13.6. The summed E-state index contributed by atoms with van der Waals surface area (Å²) >= 11 is 0.373. The Morgan fingerprint density at radius 3 is 2.45 bits per heavy atom. The number of hydrogen-bond donors (Lipinski definition) is 3. The van der Waals surface area contributed by atoms with Gasteiger partial charge in [-0.1, -0.05) is 20.3 Å². The van der Waals surface area contributed by atoms with E-state index in [1.165, 1.54) is 32.4 Å². The molecule has 3 aromatic rings. The van der Waals surface area contributed by atoms with Crippen molar-refractivity contribution in [3.05, 3.63) is 56.9 Å². The Kier molecular flexibility index (Phi) is 11.2. The van der Waals surface area contributed by atoms with Crippen molar-refractivity contribution in [1.82, 2.24) is 19.4 Å². The number of esters is 1. The molecule has 2 fully saturated rings. The number of aromatic nitrogens is 2. The van der Waals surface area contributed by atoms with Crippen LogP contribution in [0.5, 0.6) is 5.75 Å². The molecule has 0 unspecified atom stereocenters. The number of rotatable bonds is 7. The molecular weight excluding hydrogens is 721 g/mol. The van der Waals surface area contributed by atoms with Crippen LogP contribution >= 0.6 is 0 Å². The Morgan fingerprint density at radius 1 is 1.10 bits per heavy atom. The van der Waals surface area contributed by atoms with Crippen molar-refractivity contribution in [2.75, 3.05) is 26.2 Å². The number of carbonyl (C=O) groups excluding carboxylic acids is 2. The molecule has 51 heavy (non-hydrogen) atoms. The van der Waals surface area contributed by atoms with Crippen LogP contribution in [-0.2, 0) is 39.5 Å². The van der Waals surface area contributed by atoms with Crippen molar-refractivity contribution in [3.63, 3.8) is 0 Å². The van der Waals surface area contributed by atoms with Gasteiger partial charge in [-0.3, -0.25) is 4.79 Å². The van der Waals surface area contributed by atoms with Gasteiger partial charge in [0.05, 0.1) is 29.0 Å². The van der Waals surface area contributed by atoms with Gasteiger partial charge in [-0.25, -0.2) is 14.6 Å². The van der Waals surface area contributed by atoms with Gasteiger partial charge in [0.2, 0.25) is 0 Å². The van der Waals surface area contributed by atoms with Crippen LogP contribution in [0, 0.1) is 0 Å². The molecule has 0 radical (unpaired) electrons. The number of carboxylic acid groups (broad SMARTS) is 1. The van der Waals surface area contributed by atoms with Crippen molar-refractivity contribution in [1.29, 1.82) is 0 Å². The molecule has 4 aliphatic rings. The monoisotopic (exact) mass is 769 g/mol. The van der Waals surface area contributed by atoms with E-state index in [0.717, 1.165) is 34.9 Å². The van der Waals surface area contributed by atoms with Gasteiger partial charge in [0.25, 0.3) is 5.56 Å². The normalized spacial score (nSPS) is 20.8. The van der Waals surface area contributed by atoms with Crippen LogP contribution in [0.1, 0.15) is 74.6 Å². The van der Waals surface area contributed by atoms with Crippen molar-refractivity contribution in [2.45, 2.75) is 101 Å². The number of fused-ring (bicyclic) bond motifs is 5. The quantitative estimate of drug-likeness (QED) is 0.185. The SMILES string of the molecule is CCc1c2c(nc3ccc(OC(=O)N4CCC(N5CCCCC5)CC4)cc13)-c1cc3c(c(=O)n1C2)COC(=O)[C@]3(O)CC.C[Se]C[C@H](N)C(=O)O. The second kappa shape index (κ2) is 15.4. The Balaban J connectivity index is 0.000000503. The summed E-state index contributed by atoms with van der Waals surface area (Å²) in [6.45, 7) is 7.65. The molecule has 2 aromatic heterocycles. The fourth-order valence-electron chi connectivity index (χ4n) is 7.72. The molecule has 4 aliphatic heterocycles. The van der Waals surface area contributed by atoms with Crippen molar-refractivity contribution in [2.24, 2.45) is 5.73 Å². The van der Waals surface area contributed by atoms with Gasteiger partial charge in [-0.2, -0.15) is 0 Å². The third-order valence-corrected chi connectivity index (χ3v) is 12.1. The number of nitrogens with zero attached hydrogens (tertiary/aromatic N) is 4. The van der Waals surface area contributed by atoms with Crippen molar-refractivity contribution in [3.8, 4) is 17.1 Å². The third-order valence-electron chi connectivity index (χ3n) is 10.6. The number of ether oxygens (including phenoxy) is 2. The molecule has 1 aromatic carbocycles.